The van der Waals surface area contributed by atoms with Crippen LogP contribution in [-0.4, -0.2) is 50.4 Å². The molecule has 0 radical (unpaired) electrons. The minimum Gasteiger partial charge on any atom is -0.399 e. The third-order valence-electron chi connectivity index (χ3n) is 4.01. The Balaban J connectivity index is 2.36. The molecule has 1 aromatic carbocycles. The van der Waals surface area contributed by atoms with Gasteiger partial charge >= 0.3 is 0 Å². The number of anilines is 2. The molecule has 148 valence electrons. The van der Waals surface area contributed by atoms with Crippen molar-refractivity contribution in [3.8, 4) is 11.1 Å². The van der Waals surface area contributed by atoms with E-state index >= 15 is 0 Å². The van der Waals surface area contributed by atoms with Crippen LogP contribution in [0.4, 0.5) is 11.5 Å². The summed E-state index contributed by atoms with van der Waals surface area (Å²) in [6, 6.07) is 8.59. The van der Waals surface area contributed by atoms with Crippen molar-refractivity contribution in [2.75, 3.05) is 36.2 Å². The quantitative estimate of drug-likeness (QED) is 0.292. The Hall–Kier alpha value is -2.33. The molecular formula is C18H26N4O4S. The summed E-state index contributed by atoms with van der Waals surface area (Å²) in [5.41, 5.74) is 13.8. The zero-order valence-electron chi connectivity index (χ0n) is 15.0. The van der Waals surface area contributed by atoms with E-state index in [2.05, 4.69) is 9.35 Å². The van der Waals surface area contributed by atoms with Crippen molar-refractivity contribution in [2.24, 2.45) is 4.36 Å². The van der Waals surface area contributed by atoms with Crippen molar-refractivity contribution in [3.63, 3.8) is 0 Å². The monoisotopic (exact) mass is 394 g/mol. The van der Waals surface area contributed by atoms with Gasteiger partial charge in [0.25, 0.3) is 5.91 Å². The number of carbonyl (C=O) groups is 1. The fourth-order valence-electron chi connectivity index (χ4n) is 2.57. The number of benzene rings is 1. The second-order valence-corrected chi connectivity index (χ2v) is 9.02. The highest BCUT2D eigenvalue weighted by Gasteiger charge is 2.15. The van der Waals surface area contributed by atoms with Crippen molar-refractivity contribution < 1.29 is 19.6 Å². The molecule has 9 heteroatoms. The normalized spacial score (nSPS) is 12.0. The van der Waals surface area contributed by atoms with Gasteiger partial charge in [-0.2, -0.15) is 4.36 Å². The lowest BCUT2D eigenvalue weighted by Crippen LogP contribution is -2.23. The third-order valence-corrected chi connectivity index (χ3v) is 6.63. The van der Waals surface area contributed by atoms with Gasteiger partial charge < -0.3 is 26.2 Å². The first-order valence-corrected chi connectivity index (χ1v) is 10.7. The number of hydrogen-bond donors (Lipinski definition) is 6. The zero-order chi connectivity index (χ0) is 19.9. The summed E-state index contributed by atoms with van der Waals surface area (Å²) >= 11 is 0. The molecule has 1 aromatic heterocycles. The van der Waals surface area contributed by atoms with Gasteiger partial charge in [0.05, 0.1) is 5.56 Å². The van der Waals surface area contributed by atoms with E-state index in [-0.39, 0.29) is 36.1 Å². The number of nitrogen functional groups attached to an aromatic ring is 2. The van der Waals surface area contributed by atoms with Gasteiger partial charge in [-0.3, -0.25) is 4.79 Å². The van der Waals surface area contributed by atoms with E-state index < -0.39 is 16.0 Å². The van der Waals surface area contributed by atoms with Crippen LogP contribution in [0.15, 0.2) is 40.9 Å². The smallest absolute Gasteiger partial charge is 0.284 e. The Bertz CT molecular complexity index is 828. The number of carbonyl (C=O) groups excluding carboxylic acids is 1. The SMILES string of the molecule is Nc1ccc(-c2cc(C(=O)N=[SH](O)(CCCO)CCCO)cnc2N)cc1. The summed E-state index contributed by atoms with van der Waals surface area (Å²) in [7, 11) is -2.95. The molecule has 0 spiro atoms. The second kappa shape index (κ2) is 9.56. The van der Waals surface area contributed by atoms with Crippen LogP contribution in [0.1, 0.15) is 23.2 Å². The number of amides is 1. The molecule has 7 N–H and O–H groups in total. The van der Waals surface area contributed by atoms with E-state index in [9.17, 15) is 9.35 Å². The Labute approximate surface area is 159 Å². The lowest BCUT2D eigenvalue weighted by atomic mass is 10.0. The number of hydrogen-bond acceptors (Lipinski definition) is 6. The minimum atomic E-state index is -2.95. The summed E-state index contributed by atoms with van der Waals surface area (Å²) in [5.74, 6) is 0.123. The highest BCUT2D eigenvalue weighted by atomic mass is 32.3. The first kappa shape index (κ1) is 21.0. The molecule has 0 aliphatic rings. The molecule has 0 bridgehead atoms. The topological polar surface area (TPSA) is 155 Å². The predicted octanol–water partition coefficient (Wildman–Crippen LogP) is 1.36. The van der Waals surface area contributed by atoms with Crippen LogP contribution in [-0.2, 0) is 10.1 Å². The average molecular weight is 394 g/mol. The van der Waals surface area contributed by atoms with Crippen LogP contribution in [0.3, 0.4) is 0 Å². The van der Waals surface area contributed by atoms with Crippen molar-refractivity contribution in [1.82, 2.24) is 4.98 Å². The van der Waals surface area contributed by atoms with Crippen LogP contribution in [0.25, 0.3) is 11.1 Å². The molecule has 0 saturated heterocycles. The molecule has 0 atom stereocenters. The van der Waals surface area contributed by atoms with Gasteiger partial charge in [-0.25, -0.2) is 4.98 Å². The summed E-state index contributed by atoms with van der Waals surface area (Å²) in [5, 5.41) is 18.0. The van der Waals surface area contributed by atoms with Crippen LogP contribution in [0.2, 0.25) is 0 Å². The van der Waals surface area contributed by atoms with E-state index in [0.29, 0.717) is 24.1 Å². The molecule has 0 unspecified atom stereocenters. The number of nitrogens with zero attached hydrogens (tertiary/aromatic N) is 2. The average Bonchev–Trinajstić information content (AvgIpc) is 2.66. The number of aromatic nitrogens is 1. The summed E-state index contributed by atoms with van der Waals surface area (Å²) in [4.78, 5) is 16.7. The minimum absolute atomic E-state index is 0.101. The number of thiol groups is 1. The fourth-order valence-corrected chi connectivity index (χ4v) is 4.75. The van der Waals surface area contributed by atoms with Crippen molar-refractivity contribution in [2.45, 2.75) is 12.8 Å². The number of aliphatic hydroxyl groups is 2. The summed E-state index contributed by atoms with van der Waals surface area (Å²) in [6.45, 7) is -0.203. The Morgan fingerprint density at radius 1 is 1.07 bits per heavy atom. The summed E-state index contributed by atoms with van der Waals surface area (Å²) < 4.78 is 14.8. The number of nitrogens with two attached hydrogens (primary N) is 2. The largest absolute Gasteiger partial charge is 0.399 e. The molecule has 0 aliphatic carbocycles. The fraction of sp³-hybridized carbons (Fsp3) is 0.333. The molecular weight excluding hydrogens is 368 g/mol. The van der Waals surface area contributed by atoms with Crippen LogP contribution in [0.5, 0.6) is 0 Å². The molecule has 1 heterocycles. The predicted molar refractivity (Wildman–Crippen MR) is 110 cm³/mol. The van der Waals surface area contributed by atoms with Crippen molar-refractivity contribution in [1.29, 1.82) is 0 Å². The highest BCUT2D eigenvalue weighted by molar-refractivity contribution is 8.00. The Morgan fingerprint density at radius 2 is 1.67 bits per heavy atom. The van der Waals surface area contributed by atoms with Gasteiger partial charge in [-0.1, -0.05) is 12.1 Å². The molecule has 27 heavy (non-hydrogen) atoms. The molecule has 2 rings (SSSR count). The number of aliphatic hydroxyl groups excluding tert-OH is 2. The lowest BCUT2D eigenvalue weighted by molar-refractivity contribution is 0.100. The van der Waals surface area contributed by atoms with Crippen LogP contribution >= 0.6 is 0 Å². The molecule has 0 saturated carbocycles. The van der Waals surface area contributed by atoms with Crippen LogP contribution < -0.4 is 11.5 Å². The first-order chi connectivity index (χ1) is 12.9. The third kappa shape index (κ3) is 5.83. The molecule has 0 aliphatic heterocycles. The molecule has 2 aromatic rings. The maximum absolute atomic E-state index is 12.6. The maximum atomic E-state index is 12.6. The zero-order valence-corrected chi connectivity index (χ0v) is 15.8. The van der Waals surface area contributed by atoms with Gasteiger partial charge in [0.2, 0.25) is 0 Å². The lowest BCUT2D eigenvalue weighted by Gasteiger charge is -2.22. The van der Waals surface area contributed by atoms with E-state index in [4.69, 9.17) is 21.7 Å². The first-order valence-electron chi connectivity index (χ1n) is 8.59. The van der Waals surface area contributed by atoms with E-state index in [0.717, 1.165) is 5.56 Å². The second-order valence-electron chi connectivity index (χ2n) is 6.16. The van der Waals surface area contributed by atoms with Crippen LogP contribution in [0, 0.1) is 0 Å². The Morgan fingerprint density at radius 3 is 2.22 bits per heavy atom. The van der Waals surface area contributed by atoms with Gasteiger partial charge in [0, 0.05) is 42.2 Å². The van der Waals surface area contributed by atoms with Gasteiger partial charge in [0.1, 0.15) is 5.82 Å². The summed E-state index contributed by atoms with van der Waals surface area (Å²) in [6.07, 6.45) is 2.00. The highest BCUT2D eigenvalue weighted by Crippen LogP contribution is 2.26. The van der Waals surface area contributed by atoms with Crippen molar-refractivity contribution >= 4 is 27.5 Å². The maximum Gasteiger partial charge on any atom is 0.284 e. The number of pyridine rings is 1. The van der Waals surface area contributed by atoms with Gasteiger partial charge in [-0.05, 0) is 36.6 Å². The molecule has 0 fully saturated rings. The van der Waals surface area contributed by atoms with E-state index in [1.54, 1.807) is 30.3 Å². The van der Waals surface area contributed by atoms with E-state index in [1.165, 1.54) is 6.20 Å². The Kier molecular flexibility index (Phi) is 7.43. The van der Waals surface area contributed by atoms with E-state index in [1.807, 2.05) is 0 Å². The van der Waals surface area contributed by atoms with Gasteiger partial charge in [-0.15, -0.1) is 10.1 Å². The van der Waals surface area contributed by atoms with Gasteiger partial charge in [0.15, 0.2) is 0 Å². The molecule has 1 amide bonds. The van der Waals surface area contributed by atoms with Crippen molar-refractivity contribution in [3.05, 3.63) is 42.1 Å². The number of rotatable bonds is 8. The molecule has 8 nitrogen and oxygen atoms in total. The standard InChI is InChI=1S/C18H26N4O4S/c19-15-5-3-13(4-6-15)16-11-14(12-21-17(16)20)18(25)22-27(26,9-1-7-23)10-2-8-24/h3-6,11-12,23-24,27H,1-2,7-10,19H2,(H2,20,21)(H,22,25,26).